The SMILES string of the molecule is COc1cc2nccc(Oc3ccc(C(=O)N4CCCC(Cc5ccccc5)C4)cc3F)c2cc1OC. The van der Waals surface area contributed by atoms with Gasteiger partial charge >= 0.3 is 0 Å². The van der Waals surface area contributed by atoms with Gasteiger partial charge in [-0.25, -0.2) is 4.39 Å². The molecule has 4 aromatic rings. The predicted octanol–water partition coefficient (Wildman–Crippen LogP) is 6.28. The summed E-state index contributed by atoms with van der Waals surface area (Å²) in [6, 6.07) is 19.8. The lowest BCUT2D eigenvalue weighted by molar-refractivity contribution is 0.0673. The first-order valence-corrected chi connectivity index (χ1v) is 12.4. The fourth-order valence-corrected chi connectivity index (χ4v) is 4.92. The Morgan fingerprint density at radius 2 is 1.76 bits per heavy atom. The number of carbonyl (C=O) groups is 1. The van der Waals surface area contributed by atoms with E-state index in [0.29, 0.717) is 52.7 Å². The van der Waals surface area contributed by atoms with Crippen LogP contribution in [-0.2, 0) is 6.42 Å². The number of benzene rings is 3. The molecule has 1 aliphatic heterocycles. The Bertz CT molecular complexity index is 1410. The maximum atomic E-state index is 15.1. The van der Waals surface area contributed by atoms with Crippen molar-refractivity contribution < 1.29 is 23.4 Å². The van der Waals surface area contributed by atoms with Gasteiger partial charge in [-0.2, -0.15) is 0 Å². The summed E-state index contributed by atoms with van der Waals surface area (Å²) in [5, 5.41) is 0.650. The molecule has 0 bridgehead atoms. The van der Waals surface area contributed by atoms with Crippen molar-refractivity contribution in [3.05, 3.63) is 89.9 Å². The van der Waals surface area contributed by atoms with E-state index in [0.717, 1.165) is 19.3 Å². The third-order valence-electron chi connectivity index (χ3n) is 6.78. The minimum absolute atomic E-state index is 0.0273. The zero-order valence-electron chi connectivity index (χ0n) is 20.9. The number of hydrogen-bond donors (Lipinski definition) is 0. The Kier molecular flexibility index (Phi) is 7.21. The van der Waals surface area contributed by atoms with Crippen molar-refractivity contribution in [3.8, 4) is 23.0 Å². The molecule has 190 valence electrons. The molecule has 1 saturated heterocycles. The first-order chi connectivity index (χ1) is 18.1. The van der Waals surface area contributed by atoms with Gasteiger partial charge in [0.2, 0.25) is 0 Å². The lowest BCUT2D eigenvalue weighted by Gasteiger charge is -2.33. The maximum absolute atomic E-state index is 15.1. The van der Waals surface area contributed by atoms with Crippen molar-refractivity contribution in [3.63, 3.8) is 0 Å². The Morgan fingerprint density at radius 1 is 0.973 bits per heavy atom. The van der Waals surface area contributed by atoms with Crippen LogP contribution in [0.25, 0.3) is 10.9 Å². The van der Waals surface area contributed by atoms with Crippen LogP contribution in [-0.4, -0.2) is 43.1 Å². The number of hydrogen-bond acceptors (Lipinski definition) is 5. The highest BCUT2D eigenvalue weighted by molar-refractivity contribution is 5.94. The molecular weight excluding hydrogens is 471 g/mol. The van der Waals surface area contributed by atoms with E-state index in [2.05, 4.69) is 17.1 Å². The van der Waals surface area contributed by atoms with Gasteiger partial charge in [-0.3, -0.25) is 9.78 Å². The second-order valence-corrected chi connectivity index (χ2v) is 9.23. The molecule has 1 aliphatic rings. The number of ether oxygens (including phenoxy) is 3. The molecule has 0 aliphatic carbocycles. The van der Waals surface area contributed by atoms with E-state index in [1.807, 2.05) is 23.1 Å². The van der Waals surface area contributed by atoms with Crippen molar-refractivity contribution >= 4 is 16.8 Å². The van der Waals surface area contributed by atoms with Crippen LogP contribution in [0.4, 0.5) is 4.39 Å². The third kappa shape index (κ3) is 5.35. The minimum Gasteiger partial charge on any atom is -0.493 e. The molecule has 37 heavy (non-hydrogen) atoms. The topological polar surface area (TPSA) is 60.9 Å². The summed E-state index contributed by atoms with van der Waals surface area (Å²) in [4.78, 5) is 19.4. The van der Waals surface area contributed by atoms with Crippen LogP contribution in [0.3, 0.4) is 0 Å². The van der Waals surface area contributed by atoms with E-state index in [1.165, 1.54) is 17.7 Å². The molecule has 1 atom stereocenters. The monoisotopic (exact) mass is 500 g/mol. The van der Waals surface area contributed by atoms with Gasteiger partial charge in [0.15, 0.2) is 23.1 Å². The highest BCUT2D eigenvalue weighted by Gasteiger charge is 2.25. The van der Waals surface area contributed by atoms with E-state index < -0.39 is 5.82 Å². The molecule has 1 amide bonds. The van der Waals surface area contributed by atoms with Crippen LogP contribution in [0.5, 0.6) is 23.0 Å². The smallest absolute Gasteiger partial charge is 0.253 e. The lowest BCUT2D eigenvalue weighted by Crippen LogP contribution is -2.40. The number of aromatic nitrogens is 1. The average molecular weight is 501 g/mol. The second kappa shape index (κ2) is 10.9. The quantitative estimate of drug-likeness (QED) is 0.299. The van der Waals surface area contributed by atoms with Crippen LogP contribution < -0.4 is 14.2 Å². The number of methoxy groups -OCH3 is 2. The zero-order chi connectivity index (χ0) is 25.8. The third-order valence-corrected chi connectivity index (χ3v) is 6.78. The van der Waals surface area contributed by atoms with Gasteiger partial charge in [-0.1, -0.05) is 30.3 Å². The van der Waals surface area contributed by atoms with Gasteiger partial charge in [-0.05, 0) is 61.1 Å². The summed E-state index contributed by atoms with van der Waals surface area (Å²) in [5.74, 6) is 1.13. The Balaban J connectivity index is 1.32. The number of nitrogens with zero attached hydrogens (tertiary/aromatic N) is 2. The van der Waals surface area contributed by atoms with E-state index in [9.17, 15) is 4.79 Å². The van der Waals surface area contributed by atoms with Crippen molar-refractivity contribution in [2.45, 2.75) is 19.3 Å². The van der Waals surface area contributed by atoms with Gasteiger partial charge < -0.3 is 19.1 Å². The number of likely N-dealkylation sites (tertiary alicyclic amines) is 1. The van der Waals surface area contributed by atoms with Crippen LogP contribution >= 0.6 is 0 Å². The molecule has 0 radical (unpaired) electrons. The van der Waals surface area contributed by atoms with Crippen molar-refractivity contribution in [2.24, 2.45) is 5.92 Å². The Labute approximate surface area is 215 Å². The molecule has 2 heterocycles. The fraction of sp³-hybridized carbons (Fsp3) is 0.267. The summed E-state index contributed by atoms with van der Waals surface area (Å²) in [6.45, 7) is 1.35. The molecule has 0 N–H and O–H groups in total. The molecule has 7 heteroatoms. The molecule has 1 unspecified atom stereocenters. The van der Waals surface area contributed by atoms with E-state index >= 15 is 4.39 Å². The average Bonchev–Trinajstić information content (AvgIpc) is 2.93. The van der Waals surface area contributed by atoms with Crippen LogP contribution in [0, 0.1) is 11.7 Å². The number of piperidine rings is 1. The Morgan fingerprint density at radius 3 is 2.51 bits per heavy atom. The Hall–Kier alpha value is -4.13. The van der Waals surface area contributed by atoms with Gasteiger partial charge in [0, 0.05) is 36.3 Å². The van der Waals surface area contributed by atoms with Gasteiger partial charge in [-0.15, -0.1) is 0 Å². The summed E-state index contributed by atoms with van der Waals surface area (Å²) in [7, 11) is 3.10. The highest BCUT2D eigenvalue weighted by Crippen LogP contribution is 2.37. The molecular formula is C30H29FN2O4. The van der Waals surface area contributed by atoms with Gasteiger partial charge in [0.25, 0.3) is 5.91 Å². The van der Waals surface area contributed by atoms with E-state index in [1.54, 1.807) is 44.7 Å². The summed E-state index contributed by atoms with van der Waals surface area (Å²) < 4.78 is 31.8. The number of halogens is 1. The van der Waals surface area contributed by atoms with Crippen LogP contribution in [0.2, 0.25) is 0 Å². The minimum atomic E-state index is -0.603. The number of fused-ring (bicyclic) bond motifs is 1. The maximum Gasteiger partial charge on any atom is 0.253 e. The summed E-state index contributed by atoms with van der Waals surface area (Å²) in [6.07, 6.45) is 4.54. The number of rotatable bonds is 7. The van der Waals surface area contributed by atoms with Crippen molar-refractivity contribution in [1.29, 1.82) is 0 Å². The molecule has 1 aromatic heterocycles. The standard InChI is InChI=1S/C30H29FN2O4/c1-35-28-17-23-25(18-29(28)36-2)32-13-12-26(23)37-27-11-10-22(16-24(27)31)30(34)33-14-6-9-21(19-33)15-20-7-4-3-5-8-20/h3-5,7-8,10-13,16-18,21H,6,9,14-15,19H2,1-2H3. The second-order valence-electron chi connectivity index (χ2n) is 9.23. The van der Waals surface area contributed by atoms with E-state index in [4.69, 9.17) is 14.2 Å². The fourth-order valence-electron chi connectivity index (χ4n) is 4.92. The van der Waals surface area contributed by atoms with Gasteiger partial charge in [0.05, 0.1) is 19.7 Å². The largest absolute Gasteiger partial charge is 0.493 e. The van der Waals surface area contributed by atoms with Crippen molar-refractivity contribution in [2.75, 3.05) is 27.3 Å². The normalized spacial score (nSPS) is 15.4. The van der Waals surface area contributed by atoms with E-state index in [-0.39, 0.29) is 11.7 Å². The molecule has 3 aromatic carbocycles. The summed E-state index contributed by atoms with van der Waals surface area (Å²) >= 11 is 0. The molecule has 0 saturated carbocycles. The lowest BCUT2D eigenvalue weighted by atomic mass is 9.91. The number of pyridine rings is 1. The predicted molar refractivity (Wildman–Crippen MR) is 140 cm³/mol. The van der Waals surface area contributed by atoms with Crippen LogP contribution in [0.15, 0.2) is 72.9 Å². The highest BCUT2D eigenvalue weighted by atomic mass is 19.1. The molecule has 5 rings (SSSR count). The van der Waals surface area contributed by atoms with Crippen LogP contribution in [0.1, 0.15) is 28.8 Å². The molecule has 0 spiro atoms. The van der Waals surface area contributed by atoms with Crippen molar-refractivity contribution in [1.82, 2.24) is 9.88 Å². The first-order valence-electron chi connectivity index (χ1n) is 12.4. The first kappa shape index (κ1) is 24.6. The number of amides is 1. The molecule has 6 nitrogen and oxygen atoms in total. The summed E-state index contributed by atoms with van der Waals surface area (Å²) in [5.41, 5.74) is 2.21. The number of carbonyl (C=O) groups excluding carboxylic acids is 1. The van der Waals surface area contributed by atoms with Gasteiger partial charge in [0.1, 0.15) is 5.75 Å². The zero-order valence-corrected chi connectivity index (χ0v) is 20.9. The molecule has 1 fully saturated rings.